The molecule has 0 bridgehead atoms. The van der Waals surface area contributed by atoms with E-state index in [9.17, 15) is 4.79 Å². The molecule has 2 aromatic carbocycles. The molecule has 29 heavy (non-hydrogen) atoms. The van der Waals surface area contributed by atoms with Crippen LogP contribution in [0.5, 0.6) is 0 Å². The summed E-state index contributed by atoms with van der Waals surface area (Å²) in [6.07, 6.45) is 4.49. The molecule has 6 nitrogen and oxygen atoms in total. The Hall–Kier alpha value is -3.15. The third-order valence-electron chi connectivity index (χ3n) is 6.35. The van der Waals surface area contributed by atoms with Gasteiger partial charge in [0.2, 0.25) is 5.91 Å². The smallest absolute Gasteiger partial charge is 0.239 e. The standard InChI is InChI=1S/C23H25N5O/c1-23(18-11-10-17-13-27(2)26-19(17)12-18)20(21(29)28(3)22(24)25-23)16-8-6-15(7-9-16)14-4-5-14/h6-14,20H,4-5H2,1-3H3,(H2,24,25)/t20?,23-/m1/s1. The molecular weight excluding hydrogens is 362 g/mol. The van der Waals surface area contributed by atoms with Crippen molar-refractivity contribution in [3.05, 3.63) is 65.4 Å². The summed E-state index contributed by atoms with van der Waals surface area (Å²) in [6, 6.07) is 14.6. The minimum atomic E-state index is -0.805. The van der Waals surface area contributed by atoms with Crippen molar-refractivity contribution in [2.75, 3.05) is 7.05 Å². The Morgan fingerprint density at radius 1 is 1.07 bits per heavy atom. The first kappa shape index (κ1) is 17.9. The summed E-state index contributed by atoms with van der Waals surface area (Å²) in [4.78, 5) is 19.7. The summed E-state index contributed by atoms with van der Waals surface area (Å²) < 4.78 is 1.79. The predicted molar refractivity (Wildman–Crippen MR) is 114 cm³/mol. The highest BCUT2D eigenvalue weighted by atomic mass is 16.2. The number of benzene rings is 2. The first-order chi connectivity index (χ1) is 13.9. The Kier molecular flexibility index (Phi) is 3.81. The minimum absolute atomic E-state index is 0.0414. The number of aliphatic imine (C=N–C) groups is 1. The molecule has 1 unspecified atom stereocenters. The van der Waals surface area contributed by atoms with Gasteiger partial charge in [-0.15, -0.1) is 0 Å². The van der Waals surface area contributed by atoms with Crippen LogP contribution in [0.15, 0.2) is 53.7 Å². The predicted octanol–water partition coefficient (Wildman–Crippen LogP) is 3.24. The number of nitrogens with zero attached hydrogens (tertiary/aromatic N) is 4. The zero-order valence-electron chi connectivity index (χ0n) is 17.0. The average Bonchev–Trinajstić information content (AvgIpc) is 3.47. The van der Waals surface area contributed by atoms with Crippen molar-refractivity contribution in [3.8, 4) is 0 Å². The van der Waals surface area contributed by atoms with Crippen molar-refractivity contribution in [3.63, 3.8) is 0 Å². The van der Waals surface area contributed by atoms with E-state index in [1.54, 1.807) is 11.7 Å². The number of nitrogens with two attached hydrogens (primary N) is 1. The van der Waals surface area contributed by atoms with Gasteiger partial charge in [0.15, 0.2) is 5.96 Å². The lowest BCUT2D eigenvalue weighted by Crippen LogP contribution is -2.52. The van der Waals surface area contributed by atoms with Gasteiger partial charge in [-0.25, -0.2) is 4.99 Å². The van der Waals surface area contributed by atoms with Gasteiger partial charge in [0.25, 0.3) is 0 Å². The van der Waals surface area contributed by atoms with Crippen LogP contribution < -0.4 is 5.73 Å². The maximum Gasteiger partial charge on any atom is 0.239 e. The van der Waals surface area contributed by atoms with Crippen LogP contribution in [0.2, 0.25) is 0 Å². The third-order valence-corrected chi connectivity index (χ3v) is 6.35. The van der Waals surface area contributed by atoms with Gasteiger partial charge >= 0.3 is 0 Å². The SMILES string of the molecule is CN1C(=O)C(c2ccc(C3CC3)cc2)[C@@](C)(c2ccc3cn(C)nc3c2)N=C1N. The van der Waals surface area contributed by atoms with E-state index >= 15 is 0 Å². The minimum Gasteiger partial charge on any atom is -0.369 e. The van der Waals surface area contributed by atoms with Crippen LogP contribution in [0.1, 0.15) is 48.3 Å². The lowest BCUT2D eigenvalue weighted by atomic mass is 9.74. The molecule has 2 N–H and O–H groups in total. The fourth-order valence-electron chi connectivity index (χ4n) is 4.45. The summed E-state index contributed by atoms with van der Waals surface area (Å²) in [5.41, 5.74) is 9.48. The summed E-state index contributed by atoms with van der Waals surface area (Å²) in [7, 11) is 3.59. The summed E-state index contributed by atoms with van der Waals surface area (Å²) in [5, 5.41) is 5.59. The van der Waals surface area contributed by atoms with E-state index in [-0.39, 0.29) is 11.9 Å². The van der Waals surface area contributed by atoms with Gasteiger partial charge in [0, 0.05) is 25.7 Å². The molecule has 0 saturated heterocycles. The number of amides is 1. The Morgan fingerprint density at radius 3 is 2.45 bits per heavy atom. The number of aryl methyl sites for hydroxylation is 1. The molecule has 2 heterocycles. The topological polar surface area (TPSA) is 76.5 Å². The van der Waals surface area contributed by atoms with E-state index < -0.39 is 11.5 Å². The third kappa shape index (κ3) is 2.82. The van der Waals surface area contributed by atoms with Crippen LogP contribution >= 0.6 is 0 Å². The summed E-state index contributed by atoms with van der Waals surface area (Å²) >= 11 is 0. The molecule has 0 radical (unpaired) electrons. The molecule has 0 spiro atoms. The van der Waals surface area contributed by atoms with Crippen molar-refractivity contribution in [1.82, 2.24) is 14.7 Å². The number of fused-ring (bicyclic) bond motifs is 1. The molecule has 3 aromatic rings. The van der Waals surface area contributed by atoms with E-state index in [1.165, 1.54) is 23.3 Å². The number of guanidine groups is 1. The molecule has 2 aliphatic rings. The molecule has 1 aromatic heterocycles. The molecule has 1 amide bonds. The highest BCUT2D eigenvalue weighted by Crippen LogP contribution is 2.45. The van der Waals surface area contributed by atoms with E-state index in [4.69, 9.17) is 10.7 Å². The largest absolute Gasteiger partial charge is 0.369 e. The Morgan fingerprint density at radius 2 is 1.76 bits per heavy atom. The highest BCUT2D eigenvalue weighted by molar-refractivity contribution is 6.02. The fourth-order valence-corrected chi connectivity index (χ4v) is 4.45. The fraction of sp³-hybridized carbons (Fsp3) is 0.348. The number of aromatic nitrogens is 2. The normalized spacial score (nSPS) is 24.8. The van der Waals surface area contributed by atoms with Crippen molar-refractivity contribution in [2.45, 2.75) is 37.1 Å². The average molecular weight is 387 g/mol. The Labute approximate surface area is 170 Å². The summed E-state index contributed by atoms with van der Waals surface area (Å²) in [6.45, 7) is 1.99. The molecule has 1 fully saturated rings. The lowest BCUT2D eigenvalue weighted by molar-refractivity contribution is -0.130. The first-order valence-corrected chi connectivity index (χ1v) is 10.0. The van der Waals surface area contributed by atoms with Crippen LogP contribution in [-0.2, 0) is 17.4 Å². The number of hydrogen-bond donors (Lipinski definition) is 1. The molecule has 1 saturated carbocycles. The first-order valence-electron chi connectivity index (χ1n) is 10.0. The Bertz CT molecular complexity index is 1140. The van der Waals surface area contributed by atoms with E-state index in [1.807, 2.05) is 38.4 Å². The van der Waals surface area contributed by atoms with Crippen molar-refractivity contribution >= 4 is 22.8 Å². The van der Waals surface area contributed by atoms with E-state index in [0.29, 0.717) is 5.92 Å². The zero-order valence-corrected chi connectivity index (χ0v) is 17.0. The monoisotopic (exact) mass is 387 g/mol. The number of carbonyl (C=O) groups is 1. The van der Waals surface area contributed by atoms with Crippen LogP contribution in [-0.4, -0.2) is 33.6 Å². The van der Waals surface area contributed by atoms with Gasteiger partial charge < -0.3 is 5.73 Å². The molecule has 2 atom stereocenters. The van der Waals surface area contributed by atoms with Gasteiger partial charge in [-0.3, -0.25) is 14.4 Å². The second kappa shape index (κ2) is 6.17. The zero-order chi connectivity index (χ0) is 20.3. The molecule has 5 rings (SSSR count). The molecule has 6 heteroatoms. The van der Waals surface area contributed by atoms with Gasteiger partial charge in [-0.1, -0.05) is 36.4 Å². The molecule has 1 aliphatic heterocycles. The van der Waals surface area contributed by atoms with Gasteiger partial charge in [-0.05, 0) is 48.4 Å². The second-order valence-corrected chi connectivity index (χ2v) is 8.47. The molecule has 1 aliphatic carbocycles. The van der Waals surface area contributed by atoms with Crippen molar-refractivity contribution in [2.24, 2.45) is 17.8 Å². The van der Waals surface area contributed by atoms with Crippen molar-refractivity contribution in [1.29, 1.82) is 0 Å². The molecule has 148 valence electrons. The van der Waals surface area contributed by atoms with E-state index in [2.05, 4.69) is 29.4 Å². The van der Waals surface area contributed by atoms with Crippen LogP contribution in [0.3, 0.4) is 0 Å². The quantitative estimate of drug-likeness (QED) is 0.750. The van der Waals surface area contributed by atoms with Crippen LogP contribution in [0.4, 0.5) is 0 Å². The number of likely N-dealkylation sites (N-methyl/N-ethyl adjacent to an activating group) is 1. The number of rotatable bonds is 3. The number of carbonyl (C=O) groups excluding carboxylic acids is 1. The maximum atomic E-state index is 13.4. The van der Waals surface area contributed by atoms with Gasteiger partial charge in [-0.2, -0.15) is 5.10 Å². The maximum absolute atomic E-state index is 13.4. The number of hydrogen-bond acceptors (Lipinski definition) is 4. The summed E-state index contributed by atoms with van der Waals surface area (Å²) in [5.74, 6) is 0.430. The van der Waals surface area contributed by atoms with E-state index in [0.717, 1.165) is 22.0 Å². The Balaban J connectivity index is 1.65. The van der Waals surface area contributed by atoms with Crippen molar-refractivity contribution < 1.29 is 4.79 Å². The lowest BCUT2D eigenvalue weighted by Gasteiger charge is -2.41. The van der Waals surface area contributed by atoms with Gasteiger partial charge in [0.05, 0.1) is 11.4 Å². The van der Waals surface area contributed by atoms with Gasteiger partial charge in [0.1, 0.15) is 5.54 Å². The van der Waals surface area contributed by atoms with Crippen LogP contribution in [0, 0.1) is 0 Å². The highest BCUT2D eigenvalue weighted by Gasteiger charge is 2.47. The second-order valence-electron chi connectivity index (χ2n) is 8.47. The molecular formula is C23H25N5O. The van der Waals surface area contributed by atoms with Crippen LogP contribution in [0.25, 0.3) is 10.9 Å².